The van der Waals surface area contributed by atoms with Gasteiger partial charge in [0.25, 0.3) is 11.8 Å². The fraction of sp³-hybridized carbons (Fsp3) is 0.444. The maximum atomic E-state index is 13.3. The first-order valence-electron chi connectivity index (χ1n) is 11.9. The Morgan fingerprint density at radius 1 is 1.06 bits per heavy atom. The molecule has 0 spiro atoms. The van der Waals surface area contributed by atoms with Crippen molar-refractivity contribution in [2.45, 2.75) is 32.9 Å². The van der Waals surface area contributed by atoms with Crippen molar-refractivity contribution in [2.24, 2.45) is 5.92 Å². The topological polar surface area (TPSA) is 97.4 Å². The van der Waals surface area contributed by atoms with Crippen LogP contribution >= 0.6 is 0 Å². The number of fused-ring (bicyclic) bond motifs is 1. The molecule has 0 radical (unpaired) electrons. The second-order valence-electron chi connectivity index (χ2n) is 9.16. The largest absolute Gasteiger partial charge is 0.497 e. The Bertz CT molecular complexity index is 1090. The molecule has 1 heterocycles. The lowest BCUT2D eigenvalue weighted by molar-refractivity contribution is -0.133. The van der Waals surface area contributed by atoms with Crippen molar-refractivity contribution in [3.63, 3.8) is 0 Å². The number of amides is 3. The molecular formula is C27H35N3O6. The van der Waals surface area contributed by atoms with Crippen molar-refractivity contribution in [3.05, 3.63) is 53.6 Å². The SMILES string of the molecule is COc1ccc(C(=O)Nc2ccc3c(c2)OC[C@@H](C)N(C(C)=O)C[C@@H](C)[C@H](OC)CN(C)C3=O)cc1. The van der Waals surface area contributed by atoms with E-state index >= 15 is 0 Å². The van der Waals surface area contributed by atoms with Crippen LogP contribution in [0.1, 0.15) is 41.5 Å². The Morgan fingerprint density at radius 2 is 1.75 bits per heavy atom. The molecule has 3 amide bonds. The summed E-state index contributed by atoms with van der Waals surface area (Å²) in [6.45, 7) is 6.46. The van der Waals surface area contributed by atoms with Crippen molar-refractivity contribution in [1.82, 2.24) is 9.80 Å². The number of likely N-dealkylation sites (N-methyl/N-ethyl adjacent to an activating group) is 1. The second-order valence-corrected chi connectivity index (χ2v) is 9.16. The monoisotopic (exact) mass is 497 g/mol. The lowest BCUT2D eigenvalue weighted by Gasteiger charge is -2.35. The number of methoxy groups -OCH3 is 2. The van der Waals surface area contributed by atoms with Crippen LogP contribution in [0, 0.1) is 5.92 Å². The van der Waals surface area contributed by atoms with E-state index < -0.39 is 0 Å². The summed E-state index contributed by atoms with van der Waals surface area (Å²) >= 11 is 0. The summed E-state index contributed by atoms with van der Waals surface area (Å²) < 4.78 is 16.9. The van der Waals surface area contributed by atoms with Crippen molar-refractivity contribution in [3.8, 4) is 11.5 Å². The summed E-state index contributed by atoms with van der Waals surface area (Å²) in [5, 5.41) is 2.85. The van der Waals surface area contributed by atoms with E-state index in [1.165, 1.54) is 6.92 Å². The third-order valence-electron chi connectivity index (χ3n) is 6.46. The number of rotatable bonds is 4. The van der Waals surface area contributed by atoms with Gasteiger partial charge in [-0.1, -0.05) is 6.92 Å². The third kappa shape index (κ3) is 6.34. The first-order valence-corrected chi connectivity index (χ1v) is 11.9. The summed E-state index contributed by atoms with van der Waals surface area (Å²) in [7, 11) is 4.88. The van der Waals surface area contributed by atoms with E-state index in [-0.39, 0.29) is 42.4 Å². The van der Waals surface area contributed by atoms with Crippen LogP contribution in [0.5, 0.6) is 11.5 Å². The number of nitrogens with zero attached hydrogens (tertiary/aromatic N) is 2. The van der Waals surface area contributed by atoms with Crippen LogP contribution in [-0.4, -0.2) is 80.6 Å². The standard InChI is InChI=1S/C27H35N3O6/c1-17-14-30(19(3)31)18(2)16-36-24-13-21(28-26(32)20-7-10-22(34-5)11-8-20)9-12-23(24)27(33)29(4)15-25(17)35-6/h7-13,17-18,25H,14-16H2,1-6H3,(H,28,32)/t17-,18-,25-/m1/s1. The van der Waals surface area contributed by atoms with Gasteiger partial charge in [0, 0.05) is 57.4 Å². The van der Waals surface area contributed by atoms with Gasteiger partial charge in [-0.3, -0.25) is 14.4 Å². The van der Waals surface area contributed by atoms with Gasteiger partial charge in [-0.05, 0) is 43.3 Å². The number of carbonyl (C=O) groups is 3. The van der Waals surface area contributed by atoms with Gasteiger partial charge in [0.05, 0.1) is 24.8 Å². The third-order valence-corrected chi connectivity index (χ3v) is 6.46. The molecule has 1 aliphatic rings. The number of anilines is 1. The summed E-state index contributed by atoms with van der Waals surface area (Å²) in [5.74, 6) is 0.408. The summed E-state index contributed by atoms with van der Waals surface area (Å²) in [6, 6.07) is 11.5. The van der Waals surface area contributed by atoms with Gasteiger partial charge in [0.1, 0.15) is 18.1 Å². The average molecular weight is 498 g/mol. The Balaban J connectivity index is 1.91. The van der Waals surface area contributed by atoms with Gasteiger partial charge in [0.2, 0.25) is 5.91 Å². The van der Waals surface area contributed by atoms with E-state index in [4.69, 9.17) is 14.2 Å². The van der Waals surface area contributed by atoms with Crippen LogP contribution in [0.2, 0.25) is 0 Å². The highest BCUT2D eigenvalue weighted by molar-refractivity contribution is 6.05. The quantitative estimate of drug-likeness (QED) is 0.696. The van der Waals surface area contributed by atoms with Gasteiger partial charge in [-0.25, -0.2) is 0 Å². The fourth-order valence-electron chi connectivity index (χ4n) is 4.23. The van der Waals surface area contributed by atoms with Gasteiger partial charge >= 0.3 is 0 Å². The smallest absolute Gasteiger partial charge is 0.257 e. The van der Waals surface area contributed by atoms with E-state index in [0.717, 1.165) is 0 Å². The second kappa shape index (κ2) is 11.9. The molecule has 36 heavy (non-hydrogen) atoms. The normalized spacial score (nSPS) is 20.9. The molecule has 2 aromatic rings. The van der Waals surface area contributed by atoms with Crippen LogP contribution in [0.4, 0.5) is 5.69 Å². The summed E-state index contributed by atoms with van der Waals surface area (Å²) in [5.41, 5.74) is 1.31. The lowest BCUT2D eigenvalue weighted by Crippen LogP contribution is -2.48. The maximum Gasteiger partial charge on any atom is 0.257 e. The molecule has 3 atom stereocenters. The number of ether oxygens (including phenoxy) is 3. The van der Waals surface area contributed by atoms with E-state index in [9.17, 15) is 14.4 Å². The fourth-order valence-corrected chi connectivity index (χ4v) is 4.23. The van der Waals surface area contributed by atoms with Crippen molar-refractivity contribution in [2.75, 3.05) is 46.3 Å². The minimum atomic E-state index is -0.303. The molecule has 9 nitrogen and oxygen atoms in total. The Hall–Kier alpha value is -3.59. The van der Waals surface area contributed by atoms with Crippen LogP contribution in [0.15, 0.2) is 42.5 Å². The first kappa shape index (κ1) is 27.0. The molecule has 2 aromatic carbocycles. The predicted octanol–water partition coefficient (Wildman–Crippen LogP) is 3.30. The molecule has 1 aliphatic heterocycles. The molecule has 0 aliphatic carbocycles. The minimum absolute atomic E-state index is 0.00559. The van der Waals surface area contributed by atoms with Gasteiger partial charge in [-0.15, -0.1) is 0 Å². The van der Waals surface area contributed by atoms with Crippen LogP contribution in [-0.2, 0) is 9.53 Å². The Morgan fingerprint density at radius 3 is 2.36 bits per heavy atom. The van der Waals surface area contributed by atoms with Crippen molar-refractivity contribution >= 4 is 23.4 Å². The molecule has 0 fully saturated rings. The van der Waals surface area contributed by atoms with Crippen LogP contribution in [0.3, 0.4) is 0 Å². The molecule has 0 aromatic heterocycles. The summed E-state index contributed by atoms with van der Waals surface area (Å²) in [4.78, 5) is 41.8. The number of benzene rings is 2. The zero-order chi connectivity index (χ0) is 26.4. The zero-order valence-electron chi connectivity index (χ0n) is 21.7. The van der Waals surface area contributed by atoms with E-state index in [1.807, 2.05) is 13.8 Å². The number of nitrogens with one attached hydrogen (secondary N) is 1. The Kier molecular flexibility index (Phi) is 8.93. The minimum Gasteiger partial charge on any atom is -0.497 e. The van der Waals surface area contributed by atoms with Crippen LogP contribution < -0.4 is 14.8 Å². The van der Waals surface area contributed by atoms with Gasteiger partial charge in [-0.2, -0.15) is 0 Å². The molecular weight excluding hydrogens is 462 g/mol. The number of carbonyl (C=O) groups excluding carboxylic acids is 3. The van der Waals surface area contributed by atoms with Gasteiger partial charge < -0.3 is 29.3 Å². The molecule has 3 rings (SSSR count). The maximum absolute atomic E-state index is 13.3. The highest BCUT2D eigenvalue weighted by Gasteiger charge is 2.29. The molecule has 0 saturated carbocycles. The molecule has 0 saturated heterocycles. The van der Waals surface area contributed by atoms with E-state index in [0.29, 0.717) is 41.4 Å². The molecule has 9 heteroatoms. The van der Waals surface area contributed by atoms with Gasteiger partial charge in [0.15, 0.2) is 0 Å². The average Bonchev–Trinajstić information content (AvgIpc) is 2.87. The molecule has 1 N–H and O–H groups in total. The number of hydrogen-bond acceptors (Lipinski definition) is 6. The van der Waals surface area contributed by atoms with Crippen molar-refractivity contribution < 1.29 is 28.6 Å². The van der Waals surface area contributed by atoms with Crippen LogP contribution in [0.25, 0.3) is 0 Å². The highest BCUT2D eigenvalue weighted by Crippen LogP contribution is 2.27. The lowest BCUT2D eigenvalue weighted by atomic mass is 10.0. The van der Waals surface area contributed by atoms with E-state index in [2.05, 4.69) is 5.32 Å². The highest BCUT2D eigenvalue weighted by atomic mass is 16.5. The van der Waals surface area contributed by atoms with Crippen molar-refractivity contribution in [1.29, 1.82) is 0 Å². The summed E-state index contributed by atoms with van der Waals surface area (Å²) in [6.07, 6.45) is -0.250. The predicted molar refractivity (Wildman–Crippen MR) is 137 cm³/mol. The zero-order valence-corrected chi connectivity index (χ0v) is 21.7. The first-order chi connectivity index (χ1) is 17.1. The molecule has 0 bridgehead atoms. The molecule has 194 valence electrons. The van der Waals surface area contributed by atoms with E-state index in [1.54, 1.807) is 73.5 Å². The Labute approximate surface area is 212 Å². The molecule has 0 unspecified atom stereocenters. The number of hydrogen-bond donors (Lipinski definition) is 1.